The third-order valence-corrected chi connectivity index (χ3v) is 6.01. The van der Waals surface area contributed by atoms with E-state index in [0.717, 1.165) is 42.8 Å². The third kappa shape index (κ3) is 5.83. The van der Waals surface area contributed by atoms with Gasteiger partial charge >= 0.3 is 6.03 Å². The highest BCUT2D eigenvalue weighted by molar-refractivity contribution is 7.80. The van der Waals surface area contributed by atoms with Gasteiger partial charge in [0.2, 0.25) is 0 Å². The molecule has 6 nitrogen and oxygen atoms in total. The molecule has 1 saturated heterocycles. The average Bonchev–Trinajstić information content (AvgIpc) is 3.36. The molecule has 0 unspecified atom stereocenters. The van der Waals surface area contributed by atoms with Gasteiger partial charge in [-0.2, -0.15) is 0 Å². The number of thiocarbonyl (C=S) groups is 1. The van der Waals surface area contributed by atoms with Gasteiger partial charge in [-0.05, 0) is 75.3 Å². The fraction of sp³-hybridized carbons (Fsp3) is 0.478. The number of hydrogen-bond acceptors (Lipinski definition) is 4. The van der Waals surface area contributed by atoms with Crippen LogP contribution >= 0.6 is 12.2 Å². The maximum absolute atomic E-state index is 14.0. The third-order valence-electron chi connectivity index (χ3n) is 5.78. The van der Waals surface area contributed by atoms with Gasteiger partial charge in [0, 0.05) is 17.9 Å². The van der Waals surface area contributed by atoms with E-state index in [-0.39, 0.29) is 17.9 Å². The van der Waals surface area contributed by atoms with E-state index in [1.807, 2.05) is 24.4 Å². The highest BCUT2D eigenvalue weighted by atomic mass is 32.1. The van der Waals surface area contributed by atoms with Crippen molar-refractivity contribution in [3.8, 4) is 5.75 Å². The summed E-state index contributed by atoms with van der Waals surface area (Å²) >= 11 is 5.06. The van der Waals surface area contributed by atoms with E-state index in [1.54, 1.807) is 4.90 Å². The van der Waals surface area contributed by atoms with Gasteiger partial charge in [-0.25, -0.2) is 9.18 Å². The molecule has 2 fully saturated rings. The Morgan fingerprint density at radius 3 is 2.90 bits per heavy atom. The molecule has 4 rings (SSSR count). The molecule has 1 atom stereocenters. The number of carbonyl (C=O) groups excluding carboxylic acids is 1. The van der Waals surface area contributed by atoms with Crippen LogP contribution in [0.5, 0.6) is 5.75 Å². The number of amides is 2. The molecule has 0 spiro atoms. The van der Waals surface area contributed by atoms with Crippen molar-refractivity contribution in [2.24, 2.45) is 5.92 Å². The van der Waals surface area contributed by atoms with Crippen molar-refractivity contribution in [1.82, 2.24) is 15.6 Å². The molecule has 1 aliphatic heterocycles. The quantitative estimate of drug-likeness (QED) is 0.353. The lowest BCUT2D eigenvalue weighted by molar-refractivity contribution is 0.253. The smallest absolute Gasteiger partial charge is 0.327 e. The Bertz CT molecular complexity index is 943. The number of aromatic amines is 1. The molecule has 1 aromatic carbocycles. The van der Waals surface area contributed by atoms with E-state index in [4.69, 9.17) is 17.0 Å². The lowest BCUT2D eigenvalue weighted by Crippen LogP contribution is -2.27. The van der Waals surface area contributed by atoms with Crippen LogP contribution in [0.15, 0.2) is 30.5 Å². The number of carbonyl (C=O) groups is 1. The van der Waals surface area contributed by atoms with E-state index in [2.05, 4.69) is 22.5 Å². The summed E-state index contributed by atoms with van der Waals surface area (Å²) in [6.07, 6.45) is 7.16. The summed E-state index contributed by atoms with van der Waals surface area (Å²) in [6, 6.07) is 7.08. The summed E-state index contributed by atoms with van der Waals surface area (Å²) < 4.78 is 19.6. The minimum Gasteiger partial charge on any atom is -0.490 e. The van der Waals surface area contributed by atoms with Crippen LogP contribution in [0.25, 0.3) is 0 Å². The number of hydrogen-bond donors (Lipinski definition) is 3. The number of ether oxygens (including phenoxy) is 1. The minimum absolute atomic E-state index is 0.124. The lowest BCUT2D eigenvalue weighted by atomic mass is 10.1. The number of nitrogens with one attached hydrogen (secondary N) is 3. The molecule has 1 aromatic heterocycles. The Labute approximate surface area is 187 Å². The summed E-state index contributed by atoms with van der Waals surface area (Å²) in [7, 11) is 0. The highest BCUT2D eigenvalue weighted by Gasteiger charge is 2.26. The molecular weight excluding hydrogens is 415 g/mol. The average molecular weight is 445 g/mol. The van der Waals surface area contributed by atoms with Crippen molar-refractivity contribution in [2.45, 2.75) is 45.1 Å². The van der Waals surface area contributed by atoms with Crippen molar-refractivity contribution < 1.29 is 13.9 Å². The first-order valence-electron chi connectivity index (χ1n) is 10.9. The monoisotopic (exact) mass is 444 g/mol. The molecule has 31 heavy (non-hydrogen) atoms. The second-order valence-corrected chi connectivity index (χ2v) is 8.89. The van der Waals surface area contributed by atoms with E-state index in [0.29, 0.717) is 29.8 Å². The van der Waals surface area contributed by atoms with E-state index >= 15 is 0 Å². The molecule has 2 aromatic rings. The van der Waals surface area contributed by atoms with Gasteiger partial charge in [0.05, 0.1) is 18.8 Å². The first-order chi connectivity index (χ1) is 15.0. The Morgan fingerprint density at radius 2 is 2.16 bits per heavy atom. The second-order valence-electron chi connectivity index (χ2n) is 8.40. The fourth-order valence-electron chi connectivity index (χ4n) is 3.65. The van der Waals surface area contributed by atoms with Gasteiger partial charge in [-0.15, -0.1) is 0 Å². The zero-order chi connectivity index (χ0) is 21.8. The predicted molar refractivity (Wildman–Crippen MR) is 123 cm³/mol. The zero-order valence-corrected chi connectivity index (χ0v) is 18.6. The number of nitrogens with zero attached hydrogens (tertiary/aromatic N) is 1. The van der Waals surface area contributed by atoms with Crippen LogP contribution in [-0.4, -0.2) is 35.7 Å². The Balaban J connectivity index is 1.18. The molecule has 2 heterocycles. The highest BCUT2D eigenvalue weighted by Crippen LogP contribution is 2.31. The maximum Gasteiger partial charge on any atom is 0.327 e. The number of benzene rings is 1. The summed E-state index contributed by atoms with van der Waals surface area (Å²) in [6.45, 7) is 4.00. The number of H-pyrrole nitrogens is 1. The van der Waals surface area contributed by atoms with Gasteiger partial charge in [-0.1, -0.05) is 18.3 Å². The van der Waals surface area contributed by atoms with Gasteiger partial charge in [0.1, 0.15) is 4.99 Å². The number of halogens is 1. The Hall–Kier alpha value is -2.45. The normalized spacial score (nSPS) is 17.2. The summed E-state index contributed by atoms with van der Waals surface area (Å²) in [5.74, 6) is 0.655. The zero-order valence-electron chi connectivity index (χ0n) is 17.7. The van der Waals surface area contributed by atoms with Crippen molar-refractivity contribution in [2.75, 3.05) is 24.6 Å². The van der Waals surface area contributed by atoms with Crippen LogP contribution in [0, 0.1) is 11.7 Å². The molecule has 2 amide bonds. The molecule has 0 radical (unpaired) electrons. The standard InChI is InChI=1S/C23H29FN4O2S/c1-15(17-7-8-20(24)21(10-17)30-14-16-5-6-16)25-9-3-2-4-18-11-19(12-26-18)28-13-22(31)27-23(28)29/h7-8,10-12,15-16,25-26H,2-6,9,13-14H2,1H3,(H,27,29,31)/t15-/m1/s1. The van der Waals surface area contributed by atoms with Crippen LogP contribution in [0.1, 0.15) is 49.9 Å². The van der Waals surface area contributed by atoms with E-state index in [1.165, 1.54) is 18.9 Å². The van der Waals surface area contributed by atoms with Crippen molar-refractivity contribution in [1.29, 1.82) is 0 Å². The van der Waals surface area contributed by atoms with Crippen LogP contribution in [0.3, 0.4) is 0 Å². The first kappa shape index (κ1) is 21.8. The fourth-order valence-corrected chi connectivity index (χ4v) is 3.86. The number of anilines is 1. The summed E-state index contributed by atoms with van der Waals surface area (Å²) in [5.41, 5.74) is 2.97. The molecule has 2 aliphatic rings. The summed E-state index contributed by atoms with van der Waals surface area (Å²) in [4.78, 5) is 17.3. The topological polar surface area (TPSA) is 69.4 Å². The molecule has 0 bridgehead atoms. The number of urea groups is 1. The molecular formula is C23H29FN4O2S. The van der Waals surface area contributed by atoms with Gasteiger partial charge < -0.3 is 20.4 Å². The lowest BCUT2D eigenvalue weighted by Gasteiger charge is -2.16. The first-order valence-corrected chi connectivity index (χ1v) is 11.3. The molecule has 1 aliphatic carbocycles. The van der Waals surface area contributed by atoms with Gasteiger partial charge in [0.15, 0.2) is 11.6 Å². The van der Waals surface area contributed by atoms with E-state index < -0.39 is 0 Å². The SMILES string of the molecule is C[C@@H](NCCCCc1cc(N2CC(=S)NC2=O)c[nH]1)c1ccc(F)c(OCC2CC2)c1. The molecule has 1 saturated carbocycles. The molecule has 3 N–H and O–H groups in total. The minimum atomic E-state index is -0.296. The van der Waals surface area contributed by atoms with Gasteiger partial charge in [0.25, 0.3) is 0 Å². The molecule has 8 heteroatoms. The Kier molecular flexibility index (Phi) is 6.87. The number of unbranched alkanes of at least 4 members (excludes halogenated alkanes) is 1. The summed E-state index contributed by atoms with van der Waals surface area (Å²) in [5, 5.41) is 6.15. The number of rotatable bonds is 11. The van der Waals surface area contributed by atoms with Crippen molar-refractivity contribution in [3.05, 3.63) is 47.5 Å². The van der Waals surface area contributed by atoms with Crippen molar-refractivity contribution >= 4 is 28.9 Å². The largest absolute Gasteiger partial charge is 0.490 e. The molecule has 166 valence electrons. The Morgan fingerprint density at radius 1 is 1.32 bits per heavy atom. The second kappa shape index (κ2) is 9.78. The van der Waals surface area contributed by atoms with Crippen LogP contribution in [-0.2, 0) is 6.42 Å². The van der Waals surface area contributed by atoms with Crippen LogP contribution < -0.4 is 20.3 Å². The maximum atomic E-state index is 14.0. The van der Waals surface area contributed by atoms with Crippen molar-refractivity contribution in [3.63, 3.8) is 0 Å². The van der Waals surface area contributed by atoms with Gasteiger partial charge in [-0.3, -0.25) is 4.90 Å². The number of aryl methyl sites for hydroxylation is 1. The van der Waals surface area contributed by atoms with Crippen LogP contribution in [0.4, 0.5) is 14.9 Å². The predicted octanol–water partition coefficient (Wildman–Crippen LogP) is 4.47. The van der Waals surface area contributed by atoms with E-state index in [9.17, 15) is 9.18 Å². The van der Waals surface area contributed by atoms with Crippen LogP contribution in [0.2, 0.25) is 0 Å². The number of aromatic nitrogens is 1.